The molecule has 3 aromatic rings. The van der Waals surface area contributed by atoms with Crippen molar-refractivity contribution in [2.45, 2.75) is 0 Å². The Balaban J connectivity index is 1.89. The van der Waals surface area contributed by atoms with E-state index in [1.165, 1.54) is 11.1 Å². The lowest BCUT2D eigenvalue weighted by atomic mass is 10.1. The second kappa shape index (κ2) is 5.51. The van der Waals surface area contributed by atoms with Crippen LogP contribution in [0, 0.1) is 5.39 Å². The average Bonchev–Trinajstić information content (AvgIpc) is 2.56. The van der Waals surface area contributed by atoms with Gasteiger partial charge in [-0.15, -0.1) is 0 Å². The first-order valence-electron chi connectivity index (χ1n) is 6.69. The average molecular weight is 275 g/mol. The molecular weight excluding hydrogens is 260 g/mol. The highest BCUT2D eigenvalue weighted by molar-refractivity contribution is 5.61. The zero-order valence-electron chi connectivity index (χ0n) is 11.7. The van der Waals surface area contributed by atoms with Crippen LogP contribution in [0.1, 0.15) is 0 Å². The Hall–Kier alpha value is -3.06. The first-order chi connectivity index (χ1) is 10.3. The van der Waals surface area contributed by atoms with E-state index in [2.05, 4.69) is 29.2 Å². The van der Waals surface area contributed by atoms with Crippen molar-refractivity contribution in [1.29, 1.82) is 5.39 Å². The third kappa shape index (κ3) is 2.77. The molecule has 1 aromatic carbocycles. The van der Waals surface area contributed by atoms with E-state index in [9.17, 15) is 0 Å². The van der Waals surface area contributed by atoms with Crippen LogP contribution < -0.4 is 9.13 Å². The number of pyridine rings is 2. The maximum Gasteiger partial charge on any atom is 0.385 e. The highest BCUT2D eigenvalue weighted by Gasteiger charge is 2.10. The molecule has 0 amide bonds. The number of hydrogen-bond acceptors (Lipinski definition) is 1. The lowest BCUT2D eigenvalue weighted by molar-refractivity contribution is -0.671. The fourth-order valence-electron chi connectivity index (χ4n) is 2.18. The Morgan fingerprint density at radius 2 is 1.29 bits per heavy atom. The van der Waals surface area contributed by atoms with Crippen molar-refractivity contribution < 1.29 is 9.13 Å². The van der Waals surface area contributed by atoms with Crippen LogP contribution in [0.25, 0.3) is 21.8 Å². The highest BCUT2D eigenvalue weighted by atomic mass is 14.9. The van der Waals surface area contributed by atoms with Crippen molar-refractivity contribution in [2.24, 2.45) is 7.05 Å². The molecule has 0 saturated carbocycles. The molecule has 0 bridgehead atoms. The second-order valence-electron chi connectivity index (χ2n) is 4.86. The largest absolute Gasteiger partial charge is 0.385 e. The standard InChI is InChI=1S/C17H15N4/c1-20-10-6-14(7-11-20)15-8-12-21(13-9-15)17-4-2-16(19-18)3-5-17/h2-13H,1H3/q+3. The van der Waals surface area contributed by atoms with Crippen molar-refractivity contribution in [3.8, 4) is 16.8 Å². The van der Waals surface area contributed by atoms with Crippen molar-refractivity contribution in [2.75, 3.05) is 0 Å². The van der Waals surface area contributed by atoms with Crippen molar-refractivity contribution in [1.82, 2.24) is 0 Å². The molecular formula is C17H15N4+3. The summed E-state index contributed by atoms with van der Waals surface area (Å²) in [6, 6.07) is 15.7. The quantitative estimate of drug-likeness (QED) is 0.523. The van der Waals surface area contributed by atoms with Crippen molar-refractivity contribution >= 4 is 5.69 Å². The smallest absolute Gasteiger partial charge is 0.208 e. The number of diazo groups is 1. The number of aromatic nitrogens is 2. The maximum absolute atomic E-state index is 8.70. The zero-order chi connectivity index (χ0) is 14.7. The van der Waals surface area contributed by atoms with Crippen LogP contribution in [-0.2, 0) is 7.05 Å². The van der Waals surface area contributed by atoms with Gasteiger partial charge >= 0.3 is 5.69 Å². The van der Waals surface area contributed by atoms with Gasteiger partial charge in [0.05, 0.1) is 0 Å². The van der Waals surface area contributed by atoms with Crippen molar-refractivity contribution in [3.63, 3.8) is 0 Å². The molecule has 0 aliphatic carbocycles. The van der Waals surface area contributed by atoms with E-state index in [1.807, 2.05) is 53.1 Å². The van der Waals surface area contributed by atoms with E-state index in [0.29, 0.717) is 5.69 Å². The van der Waals surface area contributed by atoms with Crippen molar-refractivity contribution in [3.05, 3.63) is 78.3 Å². The fraction of sp³-hybridized carbons (Fsp3) is 0.0588. The first-order valence-corrected chi connectivity index (χ1v) is 6.69. The normalized spacial score (nSPS) is 10.1. The van der Waals surface area contributed by atoms with Gasteiger partial charge < -0.3 is 0 Å². The van der Waals surface area contributed by atoms with Gasteiger partial charge in [-0.1, -0.05) is 0 Å². The molecule has 0 unspecified atom stereocenters. The van der Waals surface area contributed by atoms with Gasteiger partial charge in [0.25, 0.3) is 0 Å². The lowest BCUT2D eigenvalue weighted by Gasteiger charge is -1.99. The van der Waals surface area contributed by atoms with Crippen LogP contribution in [0.3, 0.4) is 0 Å². The summed E-state index contributed by atoms with van der Waals surface area (Å²) in [5, 5.41) is 8.70. The number of nitrogens with zero attached hydrogens (tertiary/aromatic N) is 4. The van der Waals surface area contributed by atoms with E-state index in [1.54, 1.807) is 12.1 Å². The topological polar surface area (TPSA) is 35.9 Å². The van der Waals surface area contributed by atoms with Crippen LogP contribution in [0.15, 0.2) is 73.3 Å². The molecule has 21 heavy (non-hydrogen) atoms. The van der Waals surface area contributed by atoms with Crippen LogP contribution >= 0.6 is 0 Å². The number of rotatable bonds is 2. The highest BCUT2D eigenvalue weighted by Crippen LogP contribution is 2.16. The molecule has 100 valence electrons. The molecule has 4 heteroatoms. The number of benzene rings is 1. The number of aryl methyl sites for hydroxylation is 1. The van der Waals surface area contributed by atoms with Gasteiger partial charge in [-0.2, -0.15) is 4.57 Å². The molecule has 0 N–H and O–H groups in total. The maximum atomic E-state index is 8.70. The zero-order valence-corrected chi connectivity index (χ0v) is 11.7. The third-order valence-electron chi connectivity index (χ3n) is 3.40. The summed E-state index contributed by atoms with van der Waals surface area (Å²) in [7, 11) is 2.01. The number of hydrogen-bond donors (Lipinski definition) is 0. The van der Waals surface area contributed by atoms with E-state index in [-0.39, 0.29) is 0 Å². The van der Waals surface area contributed by atoms with E-state index in [0.717, 1.165) is 5.69 Å². The minimum atomic E-state index is 0.549. The van der Waals surface area contributed by atoms with Gasteiger partial charge in [0, 0.05) is 48.5 Å². The summed E-state index contributed by atoms with van der Waals surface area (Å²) in [6.07, 6.45) is 8.11. The van der Waals surface area contributed by atoms with Crippen LogP contribution in [0.2, 0.25) is 0 Å². The molecule has 0 atom stereocenters. The Labute approximate surface area is 123 Å². The molecule has 0 saturated heterocycles. The predicted octanol–water partition coefficient (Wildman–Crippen LogP) is 2.94. The lowest BCUT2D eigenvalue weighted by Crippen LogP contribution is -2.29. The van der Waals surface area contributed by atoms with Gasteiger partial charge in [0.15, 0.2) is 29.8 Å². The molecule has 0 aliphatic rings. The van der Waals surface area contributed by atoms with E-state index in [4.69, 9.17) is 5.39 Å². The predicted molar refractivity (Wildman–Crippen MR) is 79.3 cm³/mol. The van der Waals surface area contributed by atoms with Gasteiger partial charge in [-0.3, -0.25) is 0 Å². The second-order valence-corrected chi connectivity index (χ2v) is 4.86. The molecule has 0 fully saturated rings. The minimum Gasteiger partial charge on any atom is -0.208 e. The summed E-state index contributed by atoms with van der Waals surface area (Å²) in [5.74, 6) is 0. The minimum absolute atomic E-state index is 0.549. The van der Waals surface area contributed by atoms with Crippen LogP contribution in [-0.4, -0.2) is 0 Å². The van der Waals surface area contributed by atoms with E-state index < -0.39 is 0 Å². The molecule has 0 radical (unpaired) electrons. The Bertz CT molecular complexity index is 782. The fourth-order valence-corrected chi connectivity index (χ4v) is 2.18. The van der Waals surface area contributed by atoms with Crippen LogP contribution in [0.5, 0.6) is 0 Å². The summed E-state index contributed by atoms with van der Waals surface area (Å²) in [6.45, 7) is 0. The summed E-state index contributed by atoms with van der Waals surface area (Å²) in [5.41, 5.74) is 3.94. The Morgan fingerprint density at radius 1 is 0.762 bits per heavy atom. The first kappa shape index (κ1) is 12.9. The Kier molecular flexibility index (Phi) is 3.40. The molecule has 0 aliphatic heterocycles. The summed E-state index contributed by atoms with van der Waals surface area (Å²) >= 11 is 0. The molecule has 4 nitrogen and oxygen atoms in total. The van der Waals surface area contributed by atoms with Crippen LogP contribution in [0.4, 0.5) is 5.69 Å². The molecule has 0 spiro atoms. The van der Waals surface area contributed by atoms with Gasteiger partial charge in [0.2, 0.25) is 11.1 Å². The van der Waals surface area contributed by atoms with Gasteiger partial charge in [-0.05, 0) is 11.1 Å². The SMILES string of the molecule is C[n+]1ccc(-c2cc[n+](-c3ccc([N+]#N)cc3)cc2)cc1. The molecule has 3 rings (SSSR count). The monoisotopic (exact) mass is 275 g/mol. The van der Waals surface area contributed by atoms with Gasteiger partial charge in [0.1, 0.15) is 7.05 Å². The third-order valence-corrected chi connectivity index (χ3v) is 3.40. The van der Waals surface area contributed by atoms with E-state index >= 15 is 0 Å². The Morgan fingerprint density at radius 3 is 1.81 bits per heavy atom. The summed E-state index contributed by atoms with van der Waals surface area (Å²) < 4.78 is 4.04. The molecule has 2 aromatic heterocycles. The van der Waals surface area contributed by atoms with Gasteiger partial charge in [-0.25, -0.2) is 4.57 Å². The molecule has 2 heterocycles. The summed E-state index contributed by atoms with van der Waals surface area (Å²) in [4.78, 5) is 3.15.